The van der Waals surface area contributed by atoms with Crippen LogP contribution < -0.4 is 0 Å². The molecule has 122 valence electrons. The van der Waals surface area contributed by atoms with E-state index in [1.165, 1.54) is 12.5 Å². The van der Waals surface area contributed by atoms with Crippen LogP contribution in [0.5, 0.6) is 0 Å². The van der Waals surface area contributed by atoms with Crippen LogP contribution in [0.2, 0.25) is 0 Å². The number of allylic oxidation sites excluding steroid dienone is 1. The van der Waals surface area contributed by atoms with E-state index >= 15 is 0 Å². The van der Waals surface area contributed by atoms with Gasteiger partial charge in [0.2, 0.25) is 0 Å². The maximum Gasteiger partial charge on any atom is 0.302 e. The Kier molecular flexibility index (Phi) is 8.62. The third kappa shape index (κ3) is 9.64. The molecule has 0 aliphatic carbocycles. The van der Waals surface area contributed by atoms with Crippen molar-refractivity contribution in [2.45, 2.75) is 77.6 Å². The Hall–Kier alpha value is -0.870. The van der Waals surface area contributed by atoms with E-state index in [4.69, 9.17) is 14.2 Å². The van der Waals surface area contributed by atoms with Crippen molar-refractivity contribution in [2.75, 3.05) is 13.7 Å². The molecule has 0 aromatic rings. The van der Waals surface area contributed by atoms with Crippen LogP contribution in [-0.4, -0.2) is 38.0 Å². The van der Waals surface area contributed by atoms with Crippen LogP contribution in [0.15, 0.2) is 11.6 Å². The Bertz CT molecular complexity index is 334. The first-order valence-corrected chi connectivity index (χ1v) is 7.98. The number of carbonyl (C=O) groups is 1. The van der Waals surface area contributed by atoms with Gasteiger partial charge in [0.05, 0.1) is 18.8 Å². The lowest BCUT2D eigenvalue weighted by atomic mass is 10.0. The molecule has 1 aliphatic heterocycles. The molecule has 0 spiro atoms. The number of ether oxygens (including phenoxy) is 3. The molecule has 4 heteroatoms. The molecule has 0 N–H and O–H groups in total. The van der Waals surface area contributed by atoms with E-state index in [1.54, 1.807) is 7.11 Å². The lowest BCUT2D eigenvalue weighted by Gasteiger charge is -2.18. The normalized spacial score (nSPS) is 21.0. The predicted octanol–water partition coefficient (Wildman–Crippen LogP) is 3.64. The summed E-state index contributed by atoms with van der Waals surface area (Å²) in [5.41, 5.74) is 1.35. The number of hydrogen-bond acceptors (Lipinski definition) is 4. The average Bonchev–Trinajstić information content (AvgIpc) is 3.25. The quantitative estimate of drug-likeness (QED) is 0.332. The van der Waals surface area contributed by atoms with Crippen molar-refractivity contribution in [3.8, 4) is 0 Å². The van der Waals surface area contributed by atoms with Gasteiger partial charge in [-0.05, 0) is 52.4 Å². The van der Waals surface area contributed by atoms with Crippen molar-refractivity contribution in [2.24, 2.45) is 0 Å². The number of rotatable bonds is 11. The van der Waals surface area contributed by atoms with Crippen LogP contribution in [0.25, 0.3) is 0 Å². The van der Waals surface area contributed by atoms with E-state index in [9.17, 15) is 4.79 Å². The topological polar surface area (TPSA) is 48.1 Å². The highest BCUT2D eigenvalue weighted by molar-refractivity contribution is 5.66. The summed E-state index contributed by atoms with van der Waals surface area (Å²) in [5, 5.41) is 0. The van der Waals surface area contributed by atoms with Gasteiger partial charge in [0.1, 0.15) is 6.10 Å². The molecule has 0 aromatic heterocycles. The van der Waals surface area contributed by atoms with Crippen molar-refractivity contribution in [3.63, 3.8) is 0 Å². The molecule has 1 rings (SSSR count). The average molecular weight is 298 g/mol. The number of carbonyl (C=O) groups excluding carboxylic acids is 1. The number of esters is 1. The van der Waals surface area contributed by atoms with E-state index in [1.807, 2.05) is 0 Å². The van der Waals surface area contributed by atoms with Gasteiger partial charge in [-0.25, -0.2) is 0 Å². The van der Waals surface area contributed by atoms with E-state index in [0.29, 0.717) is 6.10 Å². The minimum atomic E-state index is -0.187. The minimum absolute atomic E-state index is 0.0204. The molecular formula is C17H30O4. The maximum absolute atomic E-state index is 11.2. The van der Waals surface area contributed by atoms with Crippen LogP contribution in [0.4, 0.5) is 0 Å². The van der Waals surface area contributed by atoms with Crippen molar-refractivity contribution in [3.05, 3.63) is 11.6 Å². The van der Waals surface area contributed by atoms with Crippen molar-refractivity contribution in [1.29, 1.82) is 0 Å². The van der Waals surface area contributed by atoms with Gasteiger partial charge >= 0.3 is 5.97 Å². The van der Waals surface area contributed by atoms with Gasteiger partial charge in [-0.1, -0.05) is 11.6 Å². The predicted molar refractivity (Wildman–Crippen MR) is 83.2 cm³/mol. The molecule has 1 aliphatic rings. The van der Waals surface area contributed by atoms with Crippen molar-refractivity contribution in [1.82, 2.24) is 0 Å². The zero-order chi connectivity index (χ0) is 15.7. The van der Waals surface area contributed by atoms with Gasteiger partial charge in [0, 0.05) is 14.0 Å². The largest absolute Gasteiger partial charge is 0.463 e. The van der Waals surface area contributed by atoms with Gasteiger partial charge in [0.25, 0.3) is 0 Å². The molecule has 4 nitrogen and oxygen atoms in total. The number of hydrogen-bond donors (Lipinski definition) is 0. The fourth-order valence-corrected chi connectivity index (χ4v) is 2.28. The molecule has 0 amide bonds. The number of methoxy groups -OCH3 is 1. The summed E-state index contributed by atoms with van der Waals surface area (Å²) in [6.45, 7) is 6.59. The first-order valence-electron chi connectivity index (χ1n) is 7.98. The standard InChI is InChI=1S/C17H30O4/c1-13(9-11-17-12-20-17)8-10-16(21-15(3)18)7-5-6-14(2)19-4/h9,14,16-17H,5-8,10-12H2,1-4H3/b13-9-/t14-,16-,17?/m0/s1. The first kappa shape index (κ1) is 18.2. The molecule has 0 radical (unpaired) electrons. The summed E-state index contributed by atoms with van der Waals surface area (Å²) in [5.74, 6) is -0.187. The zero-order valence-corrected chi connectivity index (χ0v) is 13.9. The SMILES string of the molecule is CO[C@@H](C)CCC[C@@H](CC/C(C)=C\CC1CO1)OC(C)=O. The molecule has 0 aromatic carbocycles. The minimum Gasteiger partial charge on any atom is -0.463 e. The highest BCUT2D eigenvalue weighted by Crippen LogP contribution is 2.19. The fraction of sp³-hybridized carbons (Fsp3) is 0.824. The molecule has 3 atom stereocenters. The Labute approximate surface area is 128 Å². The monoisotopic (exact) mass is 298 g/mol. The van der Waals surface area contributed by atoms with Gasteiger partial charge < -0.3 is 14.2 Å². The van der Waals surface area contributed by atoms with E-state index in [-0.39, 0.29) is 18.2 Å². The fourth-order valence-electron chi connectivity index (χ4n) is 2.28. The molecule has 21 heavy (non-hydrogen) atoms. The van der Waals surface area contributed by atoms with Crippen LogP contribution in [0.3, 0.4) is 0 Å². The summed E-state index contributed by atoms with van der Waals surface area (Å²) >= 11 is 0. The molecule has 1 saturated heterocycles. The second-order valence-corrected chi connectivity index (χ2v) is 5.99. The highest BCUT2D eigenvalue weighted by atomic mass is 16.6. The van der Waals surface area contributed by atoms with E-state index < -0.39 is 0 Å². The van der Waals surface area contributed by atoms with Gasteiger partial charge in [-0.15, -0.1) is 0 Å². The third-order valence-electron chi connectivity index (χ3n) is 3.86. The number of epoxide rings is 1. The first-order chi connectivity index (χ1) is 10.0. The van der Waals surface area contributed by atoms with Crippen molar-refractivity contribution < 1.29 is 19.0 Å². The molecular weight excluding hydrogens is 268 g/mol. The lowest BCUT2D eigenvalue weighted by molar-refractivity contribution is -0.147. The zero-order valence-electron chi connectivity index (χ0n) is 13.9. The smallest absolute Gasteiger partial charge is 0.302 e. The van der Waals surface area contributed by atoms with Crippen LogP contribution in [-0.2, 0) is 19.0 Å². The third-order valence-corrected chi connectivity index (χ3v) is 3.86. The Balaban J connectivity index is 2.26. The second-order valence-electron chi connectivity index (χ2n) is 5.99. The van der Waals surface area contributed by atoms with Crippen molar-refractivity contribution >= 4 is 5.97 Å². The summed E-state index contributed by atoms with van der Waals surface area (Å²) < 4.78 is 15.9. The molecule has 1 heterocycles. The summed E-state index contributed by atoms with van der Waals surface area (Å²) in [4.78, 5) is 11.2. The van der Waals surface area contributed by atoms with Crippen LogP contribution in [0, 0.1) is 0 Å². The Morgan fingerprint density at radius 3 is 2.62 bits per heavy atom. The highest BCUT2D eigenvalue weighted by Gasteiger charge is 2.20. The molecule has 0 bridgehead atoms. The van der Waals surface area contributed by atoms with Gasteiger partial charge in [0.15, 0.2) is 0 Å². The van der Waals surface area contributed by atoms with Crippen LogP contribution in [0.1, 0.15) is 59.3 Å². The summed E-state index contributed by atoms with van der Waals surface area (Å²) in [6, 6.07) is 0. The molecule has 1 fully saturated rings. The van der Waals surface area contributed by atoms with Gasteiger partial charge in [-0.2, -0.15) is 0 Å². The maximum atomic E-state index is 11.2. The van der Waals surface area contributed by atoms with E-state index in [2.05, 4.69) is 19.9 Å². The lowest BCUT2D eigenvalue weighted by Crippen LogP contribution is -2.17. The molecule has 0 saturated carbocycles. The van der Waals surface area contributed by atoms with Gasteiger partial charge in [-0.3, -0.25) is 4.79 Å². The second kappa shape index (κ2) is 9.96. The van der Waals surface area contributed by atoms with E-state index in [0.717, 1.165) is 45.1 Å². The Morgan fingerprint density at radius 1 is 1.33 bits per heavy atom. The summed E-state index contributed by atoms with van der Waals surface area (Å²) in [6.07, 6.45) is 8.79. The molecule has 1 unspecified atom stereocenters. The van der Waals surface area contributed by atoms with Crippen LogP contribution >= 0.6 is 0 Å². The Morgan fingerprint density at radius 2 is 2.05 bits per heavy atom. The summed E-state index contributed by atoms with van der Waals surface area (Å²) in [7, 11) is 1.73.